The Balaban J connectivity index is 1.81. The highest BCUT2D eigenvalue weighted by atomic mass is 15.2. The lowest BCUT2D eigenvalue weighted by Gasteiger charge is -2.33. The molecule has 1 aliphatic heterocycles. The van der Waals surface area contributed by atoms with Crippen LogP contribution in [0.2, 0.25) is 0 Å². The van der Waals surface area contributed by atoms with Gasteiger partial charge in [-0.3, -0.25) is 9.88 Å². The standard InChI is InChI=1S/C13H19N3/c14-8-13(12-3-1-2-6-15-12)16-9-10-4-5-11(16)7-10/h1-3,6,10-11,13H,4-5,7-9,14H2. The van der Waals surface area contributed by atoms with E-state index in [2.05, 4.69) is 22.0 Å². The Morgan fingerprint density at radius 1 is 1.44 bits per heavy atom. The molecule has 3 unspecified atom stereocenters. The first-order valence-corrected chi connectivity index (χ1v) is 6.25. The summed E-state index contributed by atoms with van der Waals surface area (Å²) < 4.78 is 0. The van der Waals surface area contributed by atoms with Crippen molar-refractivity contribution < 1.29 is 0 Å². The van der Waals surface area contributed by atoms with Crippen molar-refractivity contribution in [3.8, 4) is 0 Å². The topological polar surface area (TPSA) is 42.1 Å². The fraction of sp³-hybridized carbons (Fsp3) is 0.615. The second-order valence-electron chi connectivity index (χ2n) is 5.04. The van der Waals surface area contributed by atoms with Gasteiger partial charge in [-0.1, -0.05) is 6.07 Å². The summed E-state index contributed by atoms with van der Waals surface area (Å²) in [7, 11) is 0. The second kappa shape index (κ2) is 4.15. The van der Waals surface area contributed by atoms with Gasteiger partial charge in [0.05, 0.1) is 11.7 Å². The van der Waals surface area contributed by atoms with E-state index >= 15 is 0 Å². The van der Waals surface area contributed by atoms with Crippen molar-refractivity contribution in [2.75, 3.05) is 13.1 Å². The maximum atomic E-state index is 5.93. The Morgan fingerprint density at radius 3 is 2.94 bits per heavy atom. The highest BCUT2D eigenvalue weighted by Crippen LogP contribution is 2.41. The molecule has 0 spiro atoms. The average Bonchev–Trinajstić information content (AvgIpc) is 2.94. The highest BCUT2D eigenvalue weighted by Gasteiger charge is 2.41. The van der Waals surface area contributed by atoms with Crippen LogP contribution in [0.1, 0.15) is 31.0 Å². The lowest BCUT2D eigenvalue weighted by Crippen LogP contribution is -2.39. The summed E-state index contributed by atoms with van der Waals surface area (Å²) in [6.07, 6.45) is 6.02. The average molecular weight is 217 g/mol. The molecule has 1 saturated heterocycles. The van der Waals surface area contributed by atoms with Crippen molar-refractivity contribution >= 4 is 0 Å². The monoisotopic (exact) mass is 217 g/mol. The van der Waals surface area contributed by atoms with E-state index in [0.717, 1.165) is 17.7 Å². The second-order valence-corrected chi connectivity index (χ2v) is 5.04. The minimum Gasteiger partial charge on any atom is -0.329 e. The van der Waals surface area contributed by atoms with Gasteiger partial charge in [0, 0.05) is 25.3 Å². The van der Waals surface area contributed by atoms with Crippen LogP contribution in [0, 0.1) is 5.92 Å². The number of nitrogens with zero attached hydrogens (tertiary/aromatic N) is 2. The van der Waals surface area contributed by atoms with E-state index in [1.54, 1.807) is 0 Å². The minimum absolute atomic E-state index is 0.330. The first-order valence-electron chi connectivity index (χ1n) is 6.25. The van der Waals surface area contributed by atoms with Crippen LogP contribution < -0.4 is 5.73 Å². The molecule has 2 heterocycles. The SMILES string of the molecule is NCC(c1ccccn1)N1CC2CCC1C2. The third-order valence-electron chi connectivity index (χ3n) is 4.10. The van der Waals surface area contributed by atoms with Gasteiger partial charge < -0.3 is 5.73 Å². The number of piperidine rings is 1. The maximum Gasteiger partial charge on any atom is 0.0647 e. The molecule has 1 aliphatic carbocycles. The number of pyridine rings is 1. The first kappa shape index (κ1) is 10.2. The molecule has 3 atom stereocenters. The van der Waals surface area contributed by atoms with Crippen LogP contribution >= 0.6 is 0 Å². The molecule has 2 N–H and O–H groups in total. The molecule has 1 aromatic rings. The lowest BCUT2D eigenvalue weighted by molar-refractivity contribution is 0.150. The lowest BCUT2D eigenvalue weighted by atomic mass is 10.1. The highest BCUT2D eigenvalue weighted by molar-refractivity contribution is 5.11. The van der Waals surface area contributed by atoms with Crippen molar-refractivity contribution in [2.24, 2.45) is 11.7 Å². The zero-order valence-electron chi connectivity index (χ0n) is 9.55. The molecular weight excluding hydrogens is 198 g/mol. The van der Waals surface area contributed by atoms with Gasteiger partial charge in [0.25, 0.3) is 0 Å². The Labute approximate surface area is 96.7 Å². The van der Waals surface area contributed by atoms with Gasteiger partial charge in [-0.05, 0) is 37.3 Å². The van der Waals surface area contributed by atoms with Crippen LogP contribution in [0.3, 0.4) is 0 Å². The Hall–Kier alpha value is -0.930. The smallest absolute Gasteiger partial charge is 0.0647 e. The van der Waals surface area contributed by atoms with Crippen molar-refractivity contribution in [1.29, 1.82) is 0 Å². The van der Waals surface area contributed by atoms with Gasteiger partial charge >= 0.3 is 0 Å². The Morgan fingerprint density at radius 2 is 2.38 bits per heavy atom. The maximum absolute atomic E-state index is 5.93. The summed E-state index contributed by atoms with van der Waals surface area (Å²) in [5.74, 6) is 0.919. The third-order valence-corrected chi connectivity index (χ3v) is 4.10. The fourth-order valence-corrected chi connectivity index (χ4v) is 3.34. The summed E-state index contributed by atoms with van der Waals surface area (Å²) in [6, 6.07) is 7.22. The molecule has 1 saturated carbocycles. The van der Waals surface area contributed by atoms with E-state index in [1.165, 1.54) is 25.8 Å². The van der Waals surface area contributed by atoms with Crippen LogP contribution in [0.15, 0.2) is 24.4 Å². The van der Waals surface area contributed by atoms with Crippen LogP contribution in [0.25, 0.3) is 0 Å². The summed E-state index contributed by atoms with van der Waals surface area (Å²) in [5.41, 5.74) is 7.07. The van der Waals surface area contributed by atoms with Gasteiger partial charge in [-0.15, -0.1) is 0 Å². The molecule has 0 radical (unpaired) electrons. The molecule has 3 rings (SSSR count). The largest absolute Gasteiger partial charge is 0.329 e. The zero-order chi connectivity index (χ0) is 11.0. The van der Waals surface area contributed by atoms with E-state index in [9.17, 15) is 0 Å². The molecule has 86 valence electrons. The number of aromatic nitrogens is 1. The number of likely N-dealkylation sites (tertiary alicyclic amines) is 1. The molecule has 2 aliphatic rings. The quantitative estimate of drug-likeness (QED) is 0.835. The number of hydrogen-bond donors (Lipinski definition) is 1. The van der Waals surface area contributed by atoms with Gasteiger partial charge in [0.1, 0.15) is 0 Å². The predicted molar refractivity (Wildman–Crippen MR) is 63.9 cm³/mol. The summed E-state index contributed by atoms with van der Waals surface area (Å²) >= 11 is 0. The van der Waals surface area contributed by atoms with E-state index in [0.29, 0.717) is 12.6 Å². The summed E-state index contributed by atoms with van der Waals surface area (Å²) in [6.45, 7) is 1.91. The number of hydrogen-bond acceptors (Lipinski definition) is 3. The van der Waals surface area contributed by atoms with Crippen molar-refractivity contribution in [3.63, 3.8) is 0 Å². The fourth-order valence-electron chi connectivity index (χ4n) is 3.34. The first-order chi connectivity index (χ1) is 7.88. The van der Waals surface area contributed by atoms with E-state index in [1.807, 2.05) is 12.3 Å². The summed E-state index contributed by atoms with van der Waals surface area (Å²) in [4.78, 5) is 7.04. The zero-order valence-corrected chi connectivity index (χ0v) is 9.55. The summed E-state index contributed by atoms with van der Waals surface area (Å²) in [5, 5.41) is 0. The van der Waals surface area contributed by atoms with Gasteiger partial charge in [-0.2, -0.15) is 0 Å². The van der Waals surface area contributed by atoms with Gasteiger partial charge in [0.15, 0.2) is 0 Å². The van der Waals surface area contributed by atoms with E-state index < -0.39 is 0 Å². The molecule has 1 aromatic heterocycles. The number of fused-ring (bicyclic) bond motifs is 2. The number of nitrogens with two attached hydrogens (primary N) is 1. The Bertz CT molecular complexity index is 351. The van der Waals surface area contributed by atoms with Gasteiger partial charge in [-0.25, -0.2) is 0 Å². The minimum atomic E-state index is 0.330. The predicted octanol–water partition coefficient (Wildman–Crippen LogP) is 1.57. The van der Waals surface area contributed by atoms with Gasteiger partial charge in [0.2, 0.25) is 0 Å². The molecule has 2 fully saturated rings. The van der Waals surface area contributed by atoms with E-state index in [4.69, 9.17) is 5.73 Å². The molecule has 0 amide bonds. The molecule has 2 bridgehead atoms. The molecular formula is C13H19N3. The molecule has 3 heteroatoms. The molecule has 3 nitrogen and oxygen atoms in total. The van der Waals surface area contributed by atoms with Crippen LogP contribution in [-0.2, 0) is 0 Å². The van der Waals surface area contributed by atoms with Crippen LogP contribution in [-0.4, -0.2) is 29.0 Å². The van der Waals surface area contributed by atoms with Crippen molar-refractivity contribution in [3.05, 3.63) is 30.1 Å². The molecule has 16 heavy (non-hydrogen) atoms. The third kappa shape index (κ3) is 1.64. The normalized spacial score (nSPS) is 30.8. The van der Waals surface area contributed by atoms with Crippen LogP contribution in [0.5, 0.6) is 0 Å². The number of rotatable bonds is 3. The van der Waals surface area contributed by atoms with E-state index in [-0.39, 0.29) is 0 Å². The Kier molecular flexibility index (Phi) is 2.65. The van der Waals surface area contributed by atoms with Crippen LogP contribution in [0.4, 0.5) is 0 Å². The van der Waals surface area contributed by atoms with Crippen molar-refractivity contribution in [2.45, 2.75) is 31.3 Å². The van der Waals surface area contributed by atoms with Crippen molar-refractivity contribution in [1.82, 2.24) is 9.88 Å². The molecule has 0 aromatic carbocycles.